The zero-order chi connectivity index (χ0) is 28.9. The van der Waals surface area contributed by atoms with Gasteiger partial charge in [0.25, 0.3) is 0 Å². The number of carbonyl (C=O) groups is 1. The van der Waals surface area contributed by atoms with Gasteiger partial charge in [-0.2, -0.15) is 4.39 Å². The summed E-state index contributed by atoms with van der Waals surface area (Å²) in [5, 5.41) is 2.78. The summed E-state index contributed by atoms with van der Waals surface area (Å²) in [4.78, 5) is 34.3. The van der Waals surface area contributed by atoms with Gasteiger partial charge in [-0.25, -0.2) is 19.3 Å². The fourth-order valence-electron chi connectivity index (χ4n) is 4.86. The number of carbonyl (C=O) groups excluding carboxylic acids is 1. The van der Waals surface area contributed by atoms with Gasteiger partial charge in [0.2, 0.25) is 5.91 Å². The molecular formula is C31H26F2N6OS. The molecule has 2 aromatic carbocycles. The van der Waals surface area contributed by atoms with Crippen molar-refractivity contribution in [1.29, 1.82) is 0 Å². The number of nitrogens with zero attached hydrogens (tertiary/aromatic N) is 4. The van der Waals surface area contributed by atoms with Gasteiger partial charge >= 0.3 is 0 Å². The number of pyridine rings is 1. The highest BCUT2D eigenvalue weighted by Crippen LogP contribution is 2.37. The maximum atomic E-state index is 16.3. The molecule has 0 aliphatic heterocycles. The Labute approximate surface area is 238 Å². The van der Waals surface area contributed by atoms with Gasteiger partial charge in [0, 0.05) is 34.2 Å². The summed E-state index contributed by atoms with van der Waals surface area (Å²) in [6.07, 6.45) is 4.79. The highest BCUT2D eigenvalue weighted by Gasteiger charge is 2.21. The van der Waals surface area contributed by atoms with Crippen LogP contribution < -0.4 is 5.32 Å². The van der Waals surface area contributed by atoms with Gasteiger partial charge < -0.3 is 10.3 Å². The SMILES string of the molecule is Cc1ccc(-c2ccc(F)s2)c2[nH]c(-c3ncnc4ccc(-c5cncc(NC(=O)CC(C)(C)C)c5)c(F)c34)nc12. The summed E-state index contributed by atoms with van der Waals surface area (Å²) in [5.74, 6) is -0.302. The van der Waals surface area contributed by atoms with Gasteiger partial charge in [-0.3, -0.25) is 9.78 Å². The zero-order valence-electron chi connectivity index (χ0n) is 22.8. The van der Waals surface area contributed by atoms with E-state index in [4.69, 9.17) is 4.98 Å². The molecule has 0 saturated heterocycles. The lowest BCUT2D eigenvalue weighted by Gasteiger charge is -2.17. The first-order chi connectivity index (χ1) is 19.6. The van der Waals surface area contributed by atoms with Gasteiger partial charge in [0.15, 0.2) is 11.0 Å². The van der Waals surface area contributed by atoms with Crippen molar-refractivity contribution in [2.24, 2.45) is 5.41 Å². The van der Waals surface area contributed by atoms with E-state index in [0.29, 0.717) is 45.7 Å². The predicted octanol–water partition coefficient (Wildman–Crippen LogP) is 7.92. The molecule has 6 aromatic rings. The minimum Gasteiger partial charge on any atom is -0.336 e. The number of hydrogen-bond acceptors (Lipinski definition) is 6. The van der Waals surface area contributed by atoms with Gasteiger partial charge in [0.05, 0.1) is 33.8 Å². The number of aromatic nitrogens is 5. The standard InChI is InChI=1S/C31H26F2N6OS/c1-16-5-6-20(22-9-10-23(32)41-22)28-27(16)38-30(39-28)29-25-21(35-15-36-29)8-7-19(26(25)33)17-11-18(14-34-13-17)37-24(40)12-31(2,3)4/h5-11,13-15H,12H2,1-4H3,(H,37,40)(H,38,39). The molecule has 2 N–H and O–H groups in total. The molecule has 7 nitrogen and oxygen atoms in total. The van der Waals surface area contributed by atoms with Crippen LogP contribution >= 0.6 is 11.3 Å². The van der Waals surface area contributed by atoms with E-state index >= 15 is 4.39 Å². The van der Waals surface area contributed by atoms with Crippen molar-refractivity contribution in [3.8, 4) is 33.1 Å². The molecular weight excluding hydrogens is 542 g/mol. The molecule has 10 heteroatoms. The molecule has 41 heavy (non-hydrogen) atoms. The minimum absolute atomic E-state index is 0.143. The van der Waals surface area contributed by atoms with Crippen LogP contribution in [-0.2, 0) is 4.79 Å². The van der Waals surface area contributed by atoms with Crippen molar-refractivity contribution in [2.75, 3.05) is 5.32 Å². The summed E-state index contributed by atoms with van der Waals surface area (Å²) in [7, 11) is 0. The largest absolute Gasteiger partial charge is 0.336 e. The lowest BCUT2D eigenvalue weighted by Crippen LogP contribution is -2.19. The van der Waals surface area contributed by atoms with Crippen LogP contribution in [0.4, 0.5) is 14.5 Å². The third-order valence-corrected chi connectivity index (χ3v) is 7.58. The Bertz CT molecular complexity index is 1960. The van der Waals surface area contributed by atoms with Crippen molar-refractivity contribution in [1.82, 2.24) is 24.9 Å². The quantitative estimate of drug-likeness (QED) is 0.220. The molecule has 206 valence electrons. The number of fused-ring (bicyclic) bond motifs is 2. The minimum atomic E-state index is -0.532. The first-order valence-corrected chi connectivity index (χ1v) is 13.8. The molecule has 4 heterocycles. The Balaban J connectivity index is 1.45. The van der Waals surface area contributed by atoms with E-state index in [0.717, 1.165) is 27.3 Å². The number of hydrogen-bond donors (Lipinski definition) is 2. The molecule has 0 radical (unpaired) electrons. The van der Waals surface area contributed by atoms with Gasteiger partial charge in [-0.05, 0) is 48.2 Å². The number of aromatic amines is 1. The molecule has 0 saturated carbocycles. The Kier molecular flexibility index (Phi) is 6.57. The molecule has 0 unspecified atom stereocenters. The van der Waals surface area contributed by atoms with Crippen molar-refractivity contribution in [2.45, 2.75) is 34.1 Å². The van der Waals surface area contributed by atoms with E-state index in [1.807, 2.05) is 39.8 Å². The second-order valence-electron chi connectivity index (χ2n) is 11.1. The van der Waals surface area contributed by atoms with Crippen molar-refractivity contribution < 1.29 is 13.6 Å². The number of anilines is 1. The number of nitrogens with one attached hydrogen (secondary N) is 2. The lowest BCUT2D eigenvalue weighted by molar-refractivity contribution is -0.117. The third-order valence-electron chi connectivity index (χ3n) is 6.67. The molecule has 4 aromatic heterocycles. The van der Waals surface area contributed by atoms with Crippen LogP contribution in [0.1, 0.15) is 32.8 Å². The number of thiophene rings is 1. The maximum Gasteiger partial charge on any atom is 0.224 e. The number of rotatable bonds is 5. The van der Waals surface area contributed by atoms with E-state index in [-0.39, 0.29) is 27.4 Å². The molecule has 0 spiro atoms. The summed E-state index contributed by atoms with van der Waals surface area (Å²) < 4.78 is 30.1. The predicted molar refractivity (Wildman–Crippen MR) is 159 cm³/mol. The van der Waals surface area contributed by atoms with Crippen LogP contribution in [0, 0.1) is 23.3 Å². The number of imidazole rings is 1. The van der Waals surface area contributed by atoms with Crippen LogP contribution in [0.5, 0.6) is 0 Å². The normalized spacial score (nSPS) is 11.9. The van der Waals surface area contributed by atoms with E-state index in [2.05, 4.69) is 25.3 Å². The van der Waals surface area contributed by atoms with Gasteiger partial charge in [0.1, 0.15) is 17.8 Å². The molecule has 0 aliphatic rings. The first-order valence-electron chi connectivity index (χ1n) is 13.0. The number of amides is 1. The van der Waals surface area contributed by atoms with E-state index in [1.54, 1.807) is 30.5 Å². The molecule has 6 rings (SSSR count). The van der Waals surface area contributed by atoms with Crippen LogP contribution in [-0.4, -0.2) is 30.8 Å². The Morgan fingerprint density at radius 1 is 1.02 bits per heavy atom. The Morgan fingerprint density at radius 3 is 2.59 bits per heavy atom. The second kappa shape index (κ2) is 10.1. The smallest absolute Gasteiger partial charge is 0.224 e. The highest BCUT2D eigenvalue weighted by molar-refractivity contribution is 7.14. The highest BCUT2D eigenvalue weighted by atomic mass is 32.1. The van der Waals surface area contributed by atoms with Crippen LogP contribution in [0.2, 0.25) is 0 Å². The van der Waals surface area contributed by atoms with Gasteiger partial charge in [-0.1, -0.05) is 32.9 Å². The second-order valence-corrected chi connectivity index (χ2v) is 12.2. The average Bonchev–Trinajstić information content (AvgIpc) is 3.55. The zero-order valence-corrected chi connectivity index (χ0v) is 23.7. The summed E-state index contributed by atoms with van der Waals surface area (Å²) >= 11 is 1.05. The first kappa shape index (κ1) is 26.6. The summed E-state index contributed by atoms with van der Waals surface area (Å²) in [6, 6.07) is 12.1. The molecule has 0 bridgehead atoms. The van der Waals surface area contributed by atoms with Crippen molar-refractivity contribution in [3.05, 3.63) is 77.7 Å². The fraction of sp³-hybridized carbons (Fsp3) is 0.194. The molecule has 0 aliphatic carbocycles. The van der Waals surface area contributed by atoms with E-state index in [9.17, 15) is 9.18 Å². The Morgan fingerprint density at radius 2 is 1.83 bits per heavy atom. The number of benzene rings is 2. The van der Waals surface area contributed by atoms with Crippen molar-refractivity contribution >= 4 is 44.9 Å². The summed E-state index contributed by atoms with van der Waals surface area (Å²) in [5.41, 5.74) is 4.93. The monoisotopic (exact) mass is 568 g/mol. The van der Waals surface area contributed by atoms with Crippen LogP contribution in [0.3, 0.4) is 0 Å². The van der Waals surface area contributed by atoms with Gasteiger partial charge in [-0.15, -0.1) is 11.3 Å². The number of aryl methyl sites for hydroxylation is 1. The molecule has 0 fully saturated rings. The lowest BCUT2D eigenvalue weighted by atomic mass is 9.92. The fourth-order valence-corrected chi connectivity index (χ4v) is 5.62. The maximum absolute atomic E-state index is 16.3. The average molecular weight is 569 g/mol. The van der Waals surface area contributed by atoms with E-state index < -0.39 is 5.82 Å². The van der Waals surface area contributed by atoms with E-state index in [1.165, 1.54) is 18.6 Å². The molecule has 1 amide bonds. The number of H-pyrrole nitrogens is 1. The van der Waals surface area contributed by atoms with Crippen LogP contribution in [0.25, 0.3) is 55.0 Å². The third kappa shape index (κ3) is 5.18. The topological polar surface area (TPSA) is 96.5 Å². The molecule has 0 atom stereocenters. The number of halogens is 2. The Hall–Kier alpha value is -4.57. The van der Waals surface area contributed by atoms with Crippen molar-refractivity contribution in [3.63, 3.8) is 0 Å². The summed E-state index contributed by atoms with van der Waals surface area (Å²) in [6.45, 7) is 7.88. The van der Waals surface area contributed by atoms with Crippen LogP contribution in [0.15, 0.2) is 61.2 Å².